The molecule has 0 unspecified atom stereocenters. The fraction of sp³-hybridized carbons (Fsp3) is 0.111. The predicted molar refractivity (Wildman–Crippen MR) is 98.9 cm³/mol. The Morgan fingerprint density at radius 2 is 1.88 bits per heavy atom. The number of rotatable bonds is 5. The molecule has 3 aromatic rings. The van der Waals surface area contributed by atoms with Crippen molar-refractivity contribution in [3.05, 3.63) is 76.0 Å². The number of tetrazole rings is 1. The molecule has 1 amide bonds. The lowest BCUT2D eigenvalue weighted by molar-refractivity contribution is -0.116. The minimum absolute atomic E-state index is 0.203. The predicted octanol–water partition coefficient (Wildman–Crippen LogP) is 3.06. The second-order valence-electron chi connectivity index (χ2n) is 5.45. The van der Waals surface area contributed by atoms with Crippen molar-refractivity contribution < 1.29 is 4.79 Å². The van der Waals surface area contributed by atoms with Gasteiger partial charge in [-0.2, -0.15) is 4.68 Å². The van der Waals surface area contributed by atoms with E-state index < -0.39 is 0 Å². The highest BCUT2D eigenvalue weighted by Gasteiger charge is 2.08. The van der Waals surface area contributed by atoms with E-state index in [2.05, 4.69) is 36.8 Å². The fourth-order valence-electron chi connectivity index (χ4n) is 2.17. The van der Waals surface area contributed by atoms with Gasteiger partial charge in [-0.3, -0.25) is 4.79 Å². The number of carbonyl (C=O) groups is 1. The molecule has 0 atom stereocenters. The molecule has 126 valence electrons. The summed E-state index contributed by atoms with van der Waals surface area (Å²) in [6.45, 7) is 2.26. The maximum atomic E-state index is 12.0. The molecule has 0 saturated carbocycles. The zero-order valence-electron chi connectivity index (χ0n) is 13.6. The summed E-state index contributed by atoms with van der Waals surface area (Å²) < 4.78 is 2.57. The zero-order valence-corrected chi connectivity index (χ0v) is 15.1. The zero-order chi connectivity index (χ0) is 17.6. The molecule has 0 aliphatic rings. The molecule has 0 bridgehead atoms. The monoisotopic (exact) mass is 397 g/mol. The molecule has 25 heavy (non-hydrogen) atoms. The topological polar surface area (TPSA) is 72.7 Å². The normalized spacial score (nSPS) is 11.0. The molecule has 0 aliphatic carbocycles. The molecule has 7 heteroatoms. The van der Waals surface area contributed by atoms with Crippen molar-refractivity contribution in [3.8, 4) is 5.69 Å². The van der Waals surface area contributed by atoms with Gasteiger partial charge in [-0.25, -0.2) is 0 Å². The molecule has 2 aromatic carbocycles. The SMILES string of the molecule is Cc1ccc(/C=C/C(=O)NCc2nnnn2-c2ccc(Br)cc2)cc1. The number of aryl methyl sites for hydroxylation is 1. The minimum Gasteiger partial charge on any atom is -0.345 e. The number of hydrogen-bond acceptors (Lipinski definition) is 4. The standard InChI is InChI=1S/C18H16BrN5O/c1-13-2-4-14(5-3-13)6-11-18(25)20-12-17-21-22-23-24(17)16-9-7-15(19)8-10-16/h2-11H,12H2,1H3,(H,20,25)/b11-6+. The maximum absolute atomic E-state index is 12.0. The number of amides is 1. The van der Waals surface area contributed by atoms with Crippen LogP contribution in [0.4, 0.5) is 0 Å². The lowest BCUT2D eigenvalue weighted by atomic mass is 10.1. The van der Waals surface area contributed by atoms with E-state index in [-0.39, 0.29) is 12.5 Å². The van der Waals surface area contributed by atoms with Crippen LogP contribution < -0.4 is 5.32 Å². The van der Waals surface area contributed by atoms with Crippen molar-refractivity contribution in [2.75, 3.05) is 0 Å². The summed E-state index contributed by atoms with van der Waals surface area (Å²) in [6.07, 6.45) is 3.27. The van der Waals surface area contributed by atoms with E-state index in [1.807, 2.05) is 55.5 Å². The molecule has 0 fully saturated rings. The van der Waals surface area contributed by atoms with Crippen LogP contribution in [-0.4, -0.2) is 26.1 Å². The van der Waals surface area contributed by atoms with Gasteiger partial charge in [0.15, 0.2) is 5.82 Å². The van der Waals surface area contributed by atoms with Crippen molar-refractivity contribution in [1.29, 1.82) is 0 Å². The summed E-state index contributed by atoms with van der Waals surface area (Å²) >= 11 is 3.39. The minimum atomic E-state index is -0.203. The number of aromatic nitrogens is 4. The Balaban J connectivity index is 1.62. The number of hydrogen-bond donors (Lipinski definition) is 1. The molecule has 0 radical (unpaired) electrons. The first-order valence-electron chi connectivity index (χ1n) is 7.67. The van der Waals surface area contributed by atoms with Crippen LogP contribution in [-0.2, 0) is 11.3 Å². The average molecular weight is 398 g/mol. The molecule has 6 nitrogen and oxygen atoms in total. The molecule has 1 heterocycles. The van der Waals surface area contributed by atoms with Crippen molar-refractivity contribution >= 4 is 27.9 Å². The van der Waals surface area contributed by atoms with Gasteiger partial charge in [-0.15, -0.1) is 5.10 Å². The smallest absolute Gasteiger partial charge is 0.244 e. The Labute approximate surface area is 153 Å². The third-order valence-electron chi connectivity index (χ3n) is 3.53. The second kappa shape index (κ2) is 7.85. The Hall–Kier alpha value is -2.80. The van der Waals surface area contributed by atoms with Crippen LogP contribution >= 0.6 is 15.9 Å². The van der Waals surface area contributed by atoms with Crippen LogP contribution in [0, 0.1) is 6.92 Å². The van der Waals surface area contributed by atoms with Gasteiger partial charge in [0.05, 0.1) is 12.2 Å². The summed E-state index contributed by atoms with van der Waals surface area (Å²) in [7, 11) is 0. The molecular formula is C18H16BrN5O. The highest BCUT2D eigenvalue weighted by atomic mass is 79.9. The highest BCUT2D eigenvalue weighted by molar-refractivity contribution is 9.10. The average Bonchev–Trinajstić information content (AvgIpc) is 3.09. The second-order valence-corrected chi connectivity index (χ2v) is 6.36. The third kappa shape index (κ3) is 4.60. The van der Waals surface area contributed by atoms with E-state index in [4.69, 9.17) is 0 Å². The summed E-state index contributed by atoms with van der Waals surface area (Å²) in [5.74, 6) is 0.352. The fourth-order valence-corrected chi connectivity index (χ4v) is 2.44. The molecule has 0 aliphatic heterocycles. The molecule has 3 rings (SSSR count). The van der Waals surface area contributed by atoms with E-state index in [0.717, 1.165) is 15.7 Å². The summed E-state index contributed by atoms with van der Waals surface area (Å²) in [4.78, 5) is 12.0. The van der Waals surface area contributed by atoms with Crippen molar-refractivity contribution in [1.82, 2.24) is 25.5 Å². The number of carbonyl (C=O) groups excluding carboxylic acids is 1. The molecular weight excluding hydrogens is 382 g/mol. The van der Waals surface area contributed by atoms with Crippen LogP contribution in [0.15, 0.2) is 59.1 Å². The Morgan fingerprint density at radius 1 is 1.16 bits per heavy atom. The quantitative estimate of drug-likeness (QED) is 0.671. The molecule has 0 spiro atoms. The Bertz CT molecular complexity index is 885. The number of nitrogens with one attached hydrogen (secondary N) is 1. The van der Waals surface area contributed by atoms with Gasteiger partial charge in [0.25, 0.3) is 0 Å². The number of nitrogens with zero attached hydrogens (tertiary/aromatic N) is 4. The highest BCUT2D eigenvalue weighted by Crippen LogP contribution is 2.14. The largest absolute Gasteiger partial charge is 0.345 e. The lowest BCUT2D eigenvalue weighted by Crippen LogP contribution is -2.22. The van der Waals surface area contributed by atoms with Crippen LogP contribution in [0.2, 0.25) is 0 Å². The van der Waals surface area contributed by atoms with Crippen LogP contribution in [0.5, 0.6) is 0 Å². The van der Waals surface area contributed by atoms with E-state index >= 15 is 0 Å². The molecule has 0 saturated heterocycles. The summed E-state index contributed by atoms with van der Waals surface area (Å²) in [6, 6.07) is 15.5. The summed E-state index contributed by atoms with van der Waals surface area (Å²) in [5, 5.41) is 14.4. The maximum Gasteiger partial charge on any atom is 0.244 e. The van der Waals surface area contributed by atoms with Gasteiger partial charge in [0.2, 0.25) is 5.91 Å². The number of benzene rings is 2. The first-order chi connectivity index (χ1) is 12.1. The molecule has 1 N–H and O–H groups in total. The van der Waals surface area contributed by atoms with E-state index in [9.17, 15) is 4.79 Å². The number of halogens is 1. The summed E-state index contributed by atoms with van der Waals surface area (Å²) in [5.41, 5.74) is 2.98. The van der Waals surface area contributed by atoms with Crippen molar-refractivity contribution in [2.24, 2.45) is 0 Å². The van der Waals surface area contributed by atoms with Gasteiger partial charge in [-0.1, -0.05) is 45.8 Å². The third-order valence-corrected chi connectivity index (χ3v) is 4.06. The van der Waals surface area contributed by atoms with E-state index in [0.29, 0.717) is 5.82 Å². The van der Waals surface area contributed by atoms with Crippen LogP contribution in [0.1, 0.15) is 17.0 Å². The van der Waals surface area contributed by atoms with Gasteiger partial charge >= 0.3 is 0 Å². The van der Waals surface area contributed by atoms with Crippen LogP contribution in [0.3, 0.4) is 0 Å². The van der Waals surface area contributed by atoms with Gasteiger partial charge < -0.3 is 5.32 Å². The Kier molecular flexibility index (Phi) is 5.35. The van der Waals surface area contributed by atoms with E-state index in [1.54, 1.807) is 10.8 Å². The van der Waals surface area contributed by atoms with E-state index in [1.165, 1.54) is 11.6 Å². The Morgan fingerprint density at radius 3 is 2.60 bits per heavy atom. The molecule has 1 aromatic heterocycles. The van der Waals surface area contributed by atoms with Crippen LogP contribution in [0.25, 0.3) is 11.8 Å². The van der Waals surface area contributed by atoms with Gasteiger partial charge in [-0.05, 0) is 53.3 Å². The van der Waals surface area contributed by atoms with Crippen molar-refractivity contribution in [3.63, 3.8) is 0 Å². The van der Waals surface area contributed by atoms with Gasteiger partial charge in [0.1, 0.15) is 0 Å². The lowest BCUT2D eigenvalue weighted by Gasteiger charge is -2.05. The first-order valence-corrected chi connectivity index (χ1v) is 8.47. The van der Waals surface area contributed by atoms with Gasteiger partial charge in [0, 0.05) is 10.5 Å². The van der Waals surface area contributed by atoms with Crippen molar-refractivity contribution in [2.45, 2.75) is 13.5 Å². The first kappa shape index (κ1) is 17.0.